The predicted molar refractivity (Wildman–Crippen MR) is 111 cm³/mol. The Labute approximate surface area is 177 Å². The van der Waals surface area contributed by atoms with E-state index in [0.29, 0.717) is 43.6 Å². The number of hydrogen-bond donors (Lipinski definition) is 3. The number of imide groups is 1. The summed E-state index contributed by atoms with van der Waals surface area (Å²) < 4.78 is 16.1. The molecule has 1 fully saturated rings. The molecule has 1 aromatic carbocycles. The molecule has 3 N–H and O–H groups in total. The molecule has 1 heterocycles. The molecule has 0 radical (unpaired) electrons. The molecular weight excluding hydrogens is 390 g/mol. The maximum Gasteiger partial charge on any atom is 0.326 e. The first-order chi connectivity index (χ1) is 14.5. The Hall–Kier alpha value is -2.81. The first-order valence-electron chi connectivity index (χ1n) is 10.5. The van der Waals surface area contributed by atoms with E-state index < -0.39 is 11.9 Å². The molecule has 0 spiro atoms. The summed E-state index contributed by atoms with van der Waals surface area (Å²) in [6, 6.07) is 4.42. The molecule has 30 heavy (non-hydrogen) atoms. The van der Waals surface area contributed by atoms with Gasteiger partial charge in [-0.3, -0.25) is 14.9 Å². The molecule has 0 bridgehead atoms. The second-order valence-corrected chi connectivity index (χ2v) is 7.00. The fourth-order valence-corrected chi connectivity index (χ4v) is 3.46. The number of esters is 1. The molecule has 9 nitrogen and oxygen atoms in total. The molecule has 0 aromatic heterocycles. The standard InChI is InChI=1S/C21H31N3O6/c1-4-28-17-10-9-16(12-18(17)29-5-2)22-21(27)23-19(25)14-24-11-7-8-15(13-24)20(26)30-6-3/h9-10,12,15H,4-8,11,13-14H2,1-3H3,(H2,22,23,25,27)/p+1/t15-/m0/s1. The van der Waals surface area contributed by atoms with Crippen LogP contribution in [0, 0.1) is 5.92 Å². The fraction of sp³-hybridized carbons (Fsp3) is 0.571. The van der Waals surface area contributed by atoms with Crippen molar-refractivity contribution in [3.8, 4) is 11.5 Å². The van der Waals surface area contributed by atoms with Crippen LogP contribution < -0.4 is 25.0 Å². The number of carbonyl (C=O) groups excluding carboxylic acids is 3. The number of carbonyl (C=O) groups is 3. The van der Waals surface area contributed by atoms with E-state index in [2.05, 4.69) is 10.6 Å². The van der Waals surface area contributed by atoms with Crippen molar-refractivity contribution >= 4 is 23.6 Å². The third-order valence-electron chi connectivity index (χ3n) is 4.70. The maximum absolute atomic E-state index is 12.3. The molecule has 1 aliphatic heterocycles. The van der Waals surface area contributed by atoms with Gasteiger partial charge in [-0.1, -0.05) is 0 Å². The van der Waals surface area contributed by atoms with Crippen LogP contribution in [0.1, 0.15) is 33.6 Å². The van der Waals surface area contributed by atoms with Crippen LogP contribution >= 0.6 is 0 Å². The second kappa shape index (κ2) is 12.0. The van der Waals surface area contributed by atoms with Crippen molar-refractivity contribution in [1.82, 2.24) is 5.32 Å². The number of benzene rings is 1. The van der Waals surface area contributed by atoms with Crippen molar-refractivity contribution < 1.29 is 33.5 Å². The highest BCUT2D eigenvalue weighted by atomic mass is 16.5. The Balaban J connectivity index is 1.86. The van der Waals surface area contributed by atoms with Crippen molar-refractivity contribution in [3.05, 3.63) is 18.2 Å². The lowest BCUT2D eigenvalue weighted by Crippen LogP contribution is -3.14. The summed E-state index contributed by atoms with van der Waals surface area (Å²) in [7, 11) is 0. The van der Waals surface area contributed by atoms with Gasteiger partial charge in [0, 0.05) is 11.8 Å². The Bertz CT molecular complexity index is 739. The monoisotopic (exact) mass is 422 g/mol. The van der Waals surface area contributed by atoms with Gasteiger partial charge < -0.3 is 24.4 Å². The third kappa shape index (κ3) is 7.22. The normalized spacial score (nSPS) is 18.2. The van der Waals surface area contributed by atoms with Gasteiger partial charge in [0.15, 0.2) is 18.0 Å². The molecule has 2 atom stereocenters. The Kier molecular flexibility index (Phi) is 9.40. The molecule has 1 unspecified atom stereocenters. The topological polar surface area (TPSA) is 107 Å². The number of amides is 3. The number of quaternary nitrogens is 1. The molecule has 1 saturated heterocycles. The van der Waals surface area contributed by atoms with Crippen LogP contribution in [-0.2, 0) is 14.3 Å². The van der Waals surface area contributed by atoms with Gasteiger partial charge in [-0.2, -0.15) is 0 Å². The van der Waals surface area contributed by atoms with E-state index in [1.165, 1.54) is 0 Å². The first kappa shape index (κ1) is 23.5. The van der Waals surface area contributed by atoms with Gasteiger partial charge >= 0.3 is 12.0 Å². The molecule has 9 heteroatoms. The van der Waals surface area contributed by atoms with Gasteiger partial charge in [0.05, 0.1) is 32.9 Å². The summed E-state index contributed by atoms with van der Waals surface area (Å²) in [5, 5.41) is 4.97. The van der Waals surface area contributed by atoms with E-state index in [9.17, 15) is 14.4 Å². The molecule has 3 amide bonds. The maximum atomic E-state index is 12.3. The number of anilines is 1. The van der Waals surface area contributed by atoms with Crippen molar-refractivity contribution in [1.29, 1.82) is 0 Å². The van der Waals surface area contributed by atoms with Gasteiger partial charge in [-0.15, -0.1) is 0 Å². The van der Waals surface area contributed by atoms with Crippen molar-refractivity contribution in [3.63, 3.8) is 0 Å². The quantitative estimate of drug-likeness (QED) is 0.513. The average molecular weight is 423 g/mol. The predicted octanol–water partition coefficient (Wildman–Crippen LogP) is 0.990. The molecule has 166 valence electrons. The van der Waals surface area contributed by atoms with Crippen molar-refractivity contribution in [2.24, 2.45) is 5.92 Å². The second-order valence-electron chi connectivity index (χ2n) is 7.00. The van der Waals surface area contributed by atoms with Crippen LogP contribution in [0.15, 0.2) is 18.2 Å². The van der Waals surface area contributed by atoms with E-state index >= 15 is 0 Å². The third-order valence-corrected chi connectivity index (χ3v) is 4.70. The van der Waals surface area contributed by atoms with E-state index in [1.807, 2.05) is 13.8 Å². The van der Waals surface area contributed by atoms with Crippen molar-refractivity contribution in [2.75, 3.05) is 44.8 Å². The largest absolute Gasteiger partial charge is 0.490 e. The van der Waals surface area contributed by atoms with Gasteiger partial charge in [-0.05, 0) is 45.7 Å². The van der Waals surface area contributed by atoms with Crippen LogP contribution in [0.4, 0.5) is 10.5 Å². The number of rotatable bonds is 9. The fourth-order valence-electron chi connectivity index (χ4n) is 3.46. The van der Waals surface area contributed by atoms with Gasteiger partial charge in [0.25, 0.3) is 5.91 Å². The highest BCUT2D eigenvalue weighted by molar-refractivity contribution is 6.01. The minimum atomic E-state index is -0.620. The smallest absolute Gasteiger partial charge is 0.326 e. The van der Waals surface area contributed by atoms with E-state index in [0.717, 1.165) is 24.3 Å². The van der Waals surface area contributed by atoms with Crippen LogP contribution in [0.5, 0.6) is 11.5 Å². The highest BCUT2D eigenvalue weighted by Crippen LogP contribution is 2.30. The minimum Gasteiger partial charge on any atom is -0.490 e. The Morgan fingerprint density at radius 2 is 1.80 bits per heavy atom. The zero-order valence-electron chi connectivity index (χ0n) is 17.9. The van der Waals surface area contributed by atoms with Crippen LogP contribution in [0.25, 0.3) is 0 Å². The number of hydrogen-bond acceptors (Lipinski definition) is 6. The molecule has 2 rings (SSSR count). The highest BCUT2D eigenvalue weighted by Gasteiger charge is 2.31. The lowest BCUT2D eigenvalue weighted by Gasteiger charge is -2.28. The van der Waals surface area contributed by atoms with E-state index in [-0.39, 0.29) is 18.4 Å². The van der Waals surface area contributed by atoms with Crippen LogP contribution in [0.2, 0.25) is 0 Å². The van der Waals surface area contributed by atoms with Gasteiger partial charge in [0.2, 0.25) is 0 Å². The summed E-state index contributed by atoms with van der Waals surface area (Å²) in [4.78, 5) is 37.4. The summed E-state index contributed by atoms with van der Waals surface area (Å²) in [6.45, 7) is 8.25. The molecular formula is C21H32N3O6+. The Morgan fingerprint density at radius 3 is 2.50 bits per heavy atom. The lowest BCUT2D eigenvalue weighted by molar-refractivity contribution is -0.899. The van der Waals surface area contributed by atoms with Crippen molar-refractivity contribution in [2.45, 2.75) is 33.6 Å². The summed E-state index contributed by atoms with van der Waals surface area (Å²) in [5.41, 5.74) is 0.486. The van der Waals surface area contributed by atoms with E-state index in [1.54, 1.807) is 25.1 Å². The summed E-state index contributed by atoms with van der Waals surface area (Å²) in [6.07, 6.45) is 1.61. The molecule has 0 aliphatic carbocycles. The minimum absolute atomic E-state index is 0.122. The van der Waals surface area contributed by atoms with Crippen LogP contribution in [0.3, 0.4) is 0 Å². The SMILES string of the molecule is CCOC(=O)[C@H]1CCC[NH+](CC(=O)NC(=O)Nc2ccc(OCC)c(OCC)c2)C1. The summed E-state index contributed by atoms with van der Waals surface area (Å²) in [5.74, 6) is 0.296. The van der Waals surface area contributed by atoms with Gasteiger partial charge in [-0.25, -0.2) is 4.79 Å². The first-order valence-corrected chi connectivity index (χ1v) is 10.5. The zero-order valence-corrected chi connectivity index (χ0v) is 17.9. The zero-order chi connectivity index (χ0) is 21.9. The number of piperidine rings is 1. The molecule has 0 saturated carbocycles. The van der Waals surface area contributed by atoms with Crippen LogP contribution in [-0.4, -0.2) is 57.4 Å². The van der Waals surface area contributed by atoms with E-state index in [4.69, 9.17) is 14.2 Å². The van der Waals surface area contributed by atoms with Gasteiger partial charge in [0.1, 0.15) is 5.92 Å². The Morgan fingerprint density at radius 1 is 1.07 bits per heavy atom. The number of ether oxygens (including phenoxy) is 3. The number of likely N-dealkylation sites (tertiary alicyclic amines) is 1. The lowest BCUT2D eigenvalue weighted by atomic mass is 9.98. The molecule has 1 aliphatic rings. The summed E-state index contributed by atoms with van der Waals surface area (Å²) >= 11 is 0. The average Bonchev–Trinajstić information content (AvgIpc) is 2.70. The number of urea groups is 1. The molecule has 1 aromatic rings. The number of nitrogens with one attached hydrogen (secondary N) is 3.